The molecule has 0 atom stereocenters. The second-order valence-corrected chi connectivity index (χ2v) is 8.29. The Labute approximate surface area is 190 Å². The van der Waals surface area contributed by atoms with Gasteiger partial charge < -0.3 is 14.8 Å². The molecular formula is C23H25N3O5S. The number of esters is 1. The van der Waals surface area contributed by atoms with E-state index in [1.54, 1.807) is 26.1 Å². The van der Waals surface area contributed by atoms with E-state index in [4.69, 9.17) is 9.47 Å². The fourth-order valence-electron chi connectivity index (χ4n) is 3.11. The minimum absolute atomic E-state index is 0.137. The monoisotopic (exact) mass is 455 g/mol. The Morgan fingerprint density at radius 1 is 1.16 bits per heavy atom. The highest BCUT2D eigenvalue weighted by molar-refractivity contribution is 7.18. The third kappa shape index (κ3) is 5.05. The van der Waals surface area contributed by atoms with E-state index in [0.717, 1.165) is 28.2 Å². The predicted molar refractivity (Wildman–Crippen MR) is 122 cm³/mol. The number of carbonyl (C=O) groups is 3. The second kappa shape index (κ2) is 9.78. The number of carbonyl (C=O) groups excluding carboxylic acids is 3. The van der Waals surface area contributed by atoms with Gasteiger partial charge in [-0.3, -0.25) is 9.59 Å². The maximum atomic E-state index is 12.8. The molecule has 2 aromatic heterocycles. The first kappa shape index (κ1) is 23.2. The van der Waals surface area contributed by atoms with Crippen LogP contribution in [-0.2, 0) is 11.5 Å². The number of anilines is 1. The van der Waals surface area contributed by atoms with Crippen LogP contribution >= 0.6 is 11.3 Å². The molecule has 32 heavy (non-hydrogen) atoms. The summed E-state index contributed by atoms with van der Waals surface area (Å²) in [6.45, 7) is 9.02. The van der Waals surface area contributed by atoms with Gasteiger partial charge in [-0.1, -0.05) is 12.1 Å². The fourth-order valence-corrected chi connectivity index (χ4v) is 4.19. The van der Waals surface area contributed by atoms with Gasteiger partial charge in [0.1, 0.15) is 10.8 Å². The van der Waals surface area contributed by atoms with Crippen molar-refractivity contribution < 1.29 is 23.9 Å². The zero-order valence-corrected chi connectivity index (χ0v) is 19.5. The number of ether oxygens (including phenoxy) is 2. The lowest BCUT2D eigenvalue weighted by molar-refractivity contribution is 0.0527. The van der Waals surface area contributed by atoms with Crippen molar-refractivity contribution in [2.24, 2.45) is 0 Å². The number of thiophene rings is 1. The standard InChI is InChI=1S/C23H25N3O5S/c1-6-30-23(29)19-15(4)20(16(5)27)32-22(19)24-21(28)17-9-10-26(25-17)12-31-18-11-13(2)7-8-14(18)3/h7-11H,6,12H2,1-5H3,(H,24,28). The zero-order valence-electron chi connectivity index (χ0n) is 18.6. The Balaban J connectivity index is 1.76. The van der Waals surface area contributed by atoms with Gasteiger partial charge in [0.2, 0.25) is 0 Å². The lowest BCUT2D eigenvalue weighted by Gasteiger charge is -2.10. The number of ketones is 1. The average Bonchev–Trinajstić information content (AvgIpc) is 3.33. The highest BCUT2D eigenvalue weighted by atomic mass is 32.1. The van der Waals surface area contributed by atoms with Crippen molar-refractivity contribution in [3.8, 4) is 5.75 Å². The second-order valence-electron chi connectivity index (χ2n) is 7.27. The topological polar surface area (TPSA) is 99.5 Å². The molecule has 0 unspecified atom stereocenters. The van der Waals surface area contributed by atoms with Crippen molar-refractivity contribution in [3.63, 3.8) is 0 Å². The van der Waals surface area contributed by atoms with Crippen molar-refractivity contribution in [1.82, 2.24) is 9.78 Å². The summed E-state index contributed by atoms with van der Waals surface area (Å²) in [6, 6.07) is 7.48. The first-order valence-electron chi connectivity index (χ1n) is 10.1. The Bertz CT molecular complexity index is 1180. The van der Waals surface area contributed by atoms with Crippen LogP contribution in [0.25, 0.3) is 0 Å². The Kier molecular flexibility index (Phi) is 7.09. The molecule has 1 N–H and O–H groups in total. The van der Waals surface area contributed by atoms with E-state index in [-0.39, 0.29) is 35.4 Å². The zero-order chi connectivity index (χ0) is 23.4. The maximum absolute atomic E-state index is 12.8. The molecule has 0 aliphatic heterocycles. The van der Waals surface area contributed by atoms with Crippen molar-refractivity contribution in [1.29, 1.82) is 0 Å². The number of aromatic nitrogens is 2. The molecule has 1 aromatic carbocycles. The van der Waals surface area contributed by atoms with Crippen LogP contribution < -0.4 is 10.1 Å². The van der Waals surface area contributed by atoms with Crippen molar-refractivity contribution in [2.75, 3.05) is 11.9 Å². The van der Waals surface area contributed by atoms with Gasteiger partial charge in [0.05, 0.1) is 17.0 Å². The molecule has 0 aliphatic carbocycles. The van der Waals surface area contributed by atoms with Gasteiger partial charge in [0.25, 0.3) is 5.91 Å². The Morgan fingerprint density at radius 3 is 2.59 bits per heavy atom. The number of nitrogens with one attached hydrogen (secondary N) is 1. The molecule has 9 heteroatoms. The first-order chi connectivity index (χ1) is 15.2. The molecule has 3 aromatic rings. The molecule has 0 saturated carbocycles. The van der Waals surface area contributed by atoms with E-state index in [2.05, 4.69) is 10.4 Å². The van der Waals surface area contributed by atoms with E-state index >= 15 is 0 Å². The summed E-state index contributed by atoms with van der Waals surface area (Å²) < 4.78 is 12.4. The van der Waals surface area contributed by atoms with Crippen molar-refractivity contribution >= 4 is 34.0 Å². The number of nitrogens with zero attached hydrogens (tertiary/aromatic N) is 2. The number of aryl methyl sites for hydroxylation is 2. The number of benzene rings is 1. The van der Waals surface area contributed by atoms with Crippen LogP contribution in [0.4, 0.5) is 5.00 Å². The number of amides is 1. The molecule has 0 bridgehead atoms. The van der Waals surface area contributed by atoms with Crippen LogP contribution in [0.15, 0.2) is 30.5 Å². The summed E-state index contributed by atoms with van der Waals surface area (Å²) in [5.74, 6) is -0.531. The van der Waals surface area contributed by atoms with Gasteiger partial charge in [-0.05, 0) is 63.4 Å². The molecule has 0 fully saturated rings. The normalized spacial score (nSPS) is 10.7. The van der Waals surface area contributed by atoms with Crippen molar-refractivity contribution in [2.45, 2.75) is 41.3 Å². The summed E-state index contributed by atoms with van der Waals surface area (Å²) >= 11 is 1.05. The number of Topliss-reactive ketones (excluding diaryl/α,β-unsaturated/α-hetero) is 1. The van der Waals surface area contributed by atoms with Gasteiger partial charge in [0, 0.05) is 6.20 Å². The predicted octanol–water partition coefficient (Wildman–Crippen LogP) is 4.54. The van der Waals surface area contributed by atoms with Crippen LogP contribution in [0.3, 0.4) is 0 Å². The first-order valence-corrected chi connectivity index (χ1v) is 10.9. The number of hydrogen-bond donors (Lipinski definition) is 1. The van der Waals surface area contributed by atoms with Crippen LogP contribution in [0.1, 0.15) is 61.1 Å². The summed E-state index contributed by atoms with van der Waals surface area (Å²) in [6.07, 6.45) is 1.63. The molecule has 168 valence electrons. The molecule has 0 radical (unpaired) electrons. The summed E-state index contributed by atoms with van der Waals surface area (Å²) in [5, 5.41) is 7.21. The quantitative estimate of drug-likeness (QED) is 0.395. The summed E-state index contributed by atoms with van der Waals surface area (Å²) in [5.41, 5.74) is 2.91. The van der Waals surface area contributed by atoms with Gasteiger partial charge >= 0.3 is 5.97 Å². The molecule has 0 aliphatic rings. The number of rotatable bonds is 8. The van der Waals surface area contributed by atoms with E-state index in [1.165, 1.54) is 11.6 Å². The minimum Gasteiger partial charge on any atom is -0.471 e. The van der Waals surface area contributed by atoms with E-state index in [9.17, 15) is 14.4 Å². The molecule has 8 nitrogen and oxygen atoms in total. The van der Waals surface area contributed by atoms with E-state index < -0.39 is 11.9 Å². The Morgan fingerprint density at radius 2 is 1.91 bits per heavy atom. The maximum Gasteiger partial charge on any atom is 0.341 e. The average molecular weight is 456 g/mol. The molecule has 0 spiro atoms. The van der Waals surface area contributed by atoms with Crippen LogP contribution in [0.2, 0.25) is 0 Å². The van der Waals surface area contributed by atoms with Gasteiger partial charge in [0.15, 0.2) is 18.2 Å². The molecule has 2 heterocycles. The third-order valence-corrected chi connectivity index (χ3v) is 6.05. The van der Waals surface area contributed by atoms with Crippen LogP contribution in [0.5, 0.6) is 5.75 Å². The third-order valence-electron chi connectivity index (χ3n) is 4.74. The van der Waals surface area contributed by atoms with Gasteiger partial charge in [-0.25, -0.2) is 9.48 Å². The van der Waals surface area contributed by atoms with Crippen LogP contribution in [-0.4, -0.2) is 34.0 Å². The lowest BCUT2D eigenvalue weighted by atomic mass is 10.1. The lowest BCUT2D eigenvalue weighted by Crippen LogP contribution is -2.16. The van der Waals surface area contributed by atoms with Gasteiger partial charge in [-0.15, -0.1) is 11.3 Å². The highest BCUT2D eigenvalue weighted by Crippen LogP contribution is 2.34. The Hall–Kier alpha value is -3.46. The fraction of sp³-hybridized carbons (Fsp3) is 0.304. The van der Waals surface area contributed by atoms with Crippen LogP contribution in [0, 0.1) is 20.8 Å². The smallest absolute Gasteiger partial charge is 0.341 e. The molecule has 1 amide bonds. The summed E-state index contributed by atoms with van der Waals surface area (Å²) in [7, 11) is 0. The van der Waals surface area contributed by atoms with E-state index in [1.807, 2.05) is 32.0 Å². The van der Waals surface area contributed by atoms with E-state index in [0.29, 0.717) is 10.4 Å². The highest BCUT2D eigenvalue weighted by Gasteiger charge is 2.26. The molecule has 0 saturated heterocycles. The number of hydrogen-bond acceptors (Lipinski definition) is 7. The van der Waals surface area contributed by atoms with Gasteiger partial charge in [-0.2, -0.15) is 5.10 Å². The largest absolute Gasteiger partial charge is 0.471 e. The van der Waals surface area contributed by atoms with Crippen molar-refractivity contribution in [3.05, 3.63) is 63.3 Å². The summed E-state index contributed by atoms with van der Waals surface area (Å²) in [4.78, 5) is 37.5. The minimum atomic E-state index is -0.587. The SMILES string of the molecule is CCOC(=O)c1c(NC(=O)c2ccn(COc3cc(C)ccc3C)n2)sc(C(C)=O)c1C. The molecular weight excluding hydrogens is 430 g/mol. The molecule has 3 rings (SSSR count).